The minimum absolute atomic E-state index is 0.0369. The Balaban J connectivity index is 2.19. The van der Waals surface area contributed by atoms with Gasteiger partial charge < -0.3 is 15.7 Å². The molecule has 1 fully saturated rings. The van der Waals surface area contributed by atoms with E-state index in [-0.39, 0.29) is 16.9 Å². The zero-order chi connectivity index (χ0) is 14.8. The molecule has 1 heterocycles. The second kappa shape index (κ2) is 5.63. The summed E-state index contributed by atoms with van der Waals surface area (Å²) in [5, 5.41) is 15.2. The van der Waals surface area contributed by atoms with Gasteiger partial charge in [-0.2, -0.15) is 0 Å². The third kappa shape index (κ3) is 2.67. The number of amides is 1. The molecule has 0 bridgehead atoms. The van der Waals surface area contributed by atoms with Crippen molar-refractivity contribution in [2.45, 2.75) is 26.7 Å². The molecule has 108 valence electrons. The van der Waals surface area contributed by atoms with Gasteiger partial charge in [0.05, 0.1) is 11.0 Å². The number of benzene rings is 1. The SMILES string of the molecule is CCC1(C(=O)Nc2ccc(C)c(C(=O)O)c2)CCNC1. The van der Waals surface area contributed by atoms with Crippen LogP contribution in [0.2, 0.25) is 0 Å². The summed E-state index contributed by atoms with van der Waals surface area (Å²) in [6.07, 6.45) is 1.58. The van der Waals surface area contributed by atoms with Crippen LogP contribution in [0.3, 0.4) is 0 Å². The van der Waals surface area contributed by atoms with Gasteiger partial charge in [0.25, 0.3) is 0 Å². The van der Waals surface area contributed by atoms with E-state index in [1.165, 1.54) is 6.07 Å². The first-order valence-electron chi connectivity index (χ1n) is 6.84. The number of aromatic carboxylic acids is 1. The number of aryl methyl sites for hydroxylation is 1. The van der Waals surface area contributed by atoms with E-state index >= 15 is 0 Å². The molecule has 1 aromatic carbocycles. The van der Waals surface area contributed by atoms with Crippen molar-refractivity contribution in [2.24, 2.45) is 5.41 Å². The third-order valence-electron chi connectivity index (χ3n) is 4.13. The highest BCUT2D eigenvalue weighted by Crippen LogP contribution is 2.31. The van der Waals surface area contributed by atoms with Gasteiger partial charge >= 0.3 is 5.97 Å². The molecule has 1 unspecified atom stereocenters. The molecule has 1 amide bonds. The van der Waals surface area contributed by atoms with Gasteiger partial charge in [0.1, 0.15) is 0 Å². The Kier molecular flexibility index (Phi) is 4.09. The summed E-state index contributed by atoms with van der Waals surface area (Å²) in [5.74, 6) is -1.02. The smallest absolute Gasteiger partial charge is 0.336 e. The van der Waals surface area contributed by atoms with Crippen LogP contribution < -0.4 is 10.6 Å². The monoisotopic (exact) mass is 276 g/mol. The van der Waals surface area contributed by atoms with Gasteiger partial charge in [0, 0.05) is 12.2 Å². The fourth-order valence-corrected chi connectivity index (χ4v) is 2.59. The lowest BCUT2D eigenvalue weighted by Crippen LogP contribution is -2.37. The maximum atomic E-state index is 12.4. The molecule has 1 aromatic rings. The second-order valence-corrected chi connectivity index (χ2v) is 5.35. The van der Waals surface area contributed by atoms with Crippen molar-refractivity contribution >= 4 is 17.6 Å². The van der Waals surface area contributed by atoms with Gasteiger partial charge in [-0.1, -0.05) is 13.0 Å². The molecular weight excluding hydrogens is 256 g/mol. The fraction of sp³-hybridized carbons (Fsp3) is 0.467. The van der Waals surface area contributed by atoms with Crippen LogP contribution >= 0.6 is 0 Å². The minimum Gasteiger partial charge on any atom is -0.478 e. The highest BCUT2D eigenvalue weighted by molar-refractivity contribution is 5.97. The minimum atomic E-state index is -0.980. The molecular formula is C15H20N2O3. The lowest BCUT2D eigenvalue weighted by molar-refractivity contribution is -0.124. The molecule has 2 rings (SSSR count). The van der Waals surface area contributed by atoms with Crippen LogP contribution in [0.15, 0.2) is 18.2 Å². The van der Waals surface area contributed by atoms with Crippen molar-refractivity contribution in [2.75, 3.05) is 18.4 Å². The standard InChI is InChI=1S/C15H20N2O3/c1-3-15(6-7-16-9-15)14(20)17-11-5-4-10(2)12(8-11)13(18)19/h4-5,8,16H,3,6-7,9H2,1-2H3,(H,17,20)(H,18,19). The van der Waals surface area contributed by atoms with Gasteiger partial charge in [0.2, 0.25) is 5.91 Å². The van der Waals surface area contributed by atoms with E-state index in [0.717, 1.165) is 19.4 Å². The molecule has 1 aliphatic heterocycles. The summed E-state index contributed by atoms with van der Waals surface area (Å²) in [6.45, 7) is 5.26. The summed E-state index contributed by atoms with van der Waals surface area (Å²) < 4.78 is 0. The van der Waals surface area contributed by atoms with Gasteiger partial charge in [0.15, 0.2) is 0 Å². The molecule has 1 saturated heterocycles. The number of carbonyl (C=O) groups is 2. The number of carbonyl (C=O) groups excluding carboxylic acids is 1. The highest BCUT2D eigenvalue weighted by Gasteiger charge is 2.39. The molecule has 5 nitrogen and oxygen atoms in total. The first-order chi connectivity index (χ1) is 9.48. The van der Waals surface area contributed by atoms with Crippen LogP contribution in [-0.4, -0.2) is 30.1 Å². The van der Waals surface area contributed by atoms with E-state index in [1.807, 2.05) is 6.92 Å². The molecule has 20 heavy (non-hydrogen) atoms. The summed E-state index contributed by atoms with van der Waals surface area (Å²) in [4.78, 5) is 23.5. The van der Waals surface area contributed by atoms with Crippen molar-refractivity contribution in [3.8, 4) is 0 Å². The summed E-state index contributed by atoms with van der Waals surface area (Å²) in [7, 11) is 0. The van der Waals surface area contributed by atoms with Gasteiger partial charge in [-0.05, 0) is 44.0 Å². The maximum absolute atomic E-state index is 12.4. The number of anilines is 1. The summed E-state index contributed by atoms with van der Waals surface area (Å²) in [6, 6.07) is 4.97. The van der Waals surface area contributed by atoms with Crippen LogP contribution in [0.5, 0.6) is 0 Å². The number of hydrogen-bond acceptors (Lipinski definition) is 3. The van der Waals surface area contributed by atoms with Crippen molar-refractivity contribution in [3.05, 3.63) is 29.3 Å². The maximum Gasteiger partial charge on any atom is 0.336 e. The second-order valence-electron chi connectivity index (χ2n) is 5.35. The molecule has 0 spiro atoms. The number of nitrogens with one attached hydrogen (secondary N) is 2. The van der Waals surface area contributed by atoms with Crippen molar-refractivity contribution < 1.29 is 14.7 Å². The molecule has 3 N–H and O–H groups in total. The van der Waals surface area contributed by atoms with Gasteiger partial charge in [-0.25, -0.2) is 4.79 Å². The van der Waals surface area contributed by atoms with Crippen LogP contribution in [0.1, 0.15) is 35.7 Å². The first-order valence-corrected chi connectivity index (χ1v) is 6.84. The van der Waals surface area contributed by atoms with Gasteiger partial charge in [-0.3, -0.25) is 4.79 Å². The molecule has 1 atom stereocenters. The lowest BCUT2D eigenvalue weighted by atomic mass is 9.83. The Labute approximate surface area is 118 Å². The van der Waals surface area contributed by atoms with E-state index in [1.54, 1.807) is 19.1 Å². The van der Waals surface area contributed by atoms with E-state index in [0.29, 0.717) is 17.8 Å². The topological polar surface area (TPSA) is 78.4 Å². The van der Waals surface area contributed by atoms with Crippen LogP contribution in [0, 0.1) is 12.3 Å². The molecule has 0 saturated carbocycles. The van der Waals surface area contributed by atoms with E-state index in [9.17, 15) is 9.59 Å². The Hall–Kier alpha value is -1.88. The molecule has 0 radical (unpaired) electrons. The largest absolute Gasteiger partial charge is 0.478 e. The Morgan fingerprint density at radius 2 is 2.20 bits per heavy atom. The third-order valence-corrected chi connectivity index (χ3v) is 4.13. The average Bonchev–Trinajstić information content (AvgIpc) is 2.90. The zero-order valence-electron chi connectivity index (χ0n) is 11.8. The predicted octanol–water partition coefficient (Wildman–Crippen LogP) is 2.02. The Morgan fingerprint density at radius 3 is 2.75 bits per heavy atom. The predicted molar refractivity (Wildman–Crippen MR) is 77.0 cm³/mol. The zero-order valence-corrected chi connectivity index (χ0v) is 11.8. The van der Waals surface area contributed by atoms with Crippen LogP contribution in [-0.2, 0) is 4.79 Å². The average molecular weight is 276 g/mol. The van der Waals surface area contributed by atoms with E-state index in [4.69, 9.17) is 5.11 Å². The number of rotatable bonds is 4. The van der Waals surface area contributed by atoms with Crippen LogP contribution in [0.25, 0.3) is 0 Å². The molecule has 0 aliphatic carbocycles. The van der Waals surface area contributed by atoms with E-state index < -0.39 is 5.97 Å². The first kappa shape index (κ1) is 14.5. The highest BCUT2D eigenvalue weighted by atomic mass is 16.4. The fourth-order valence-electron chi connectivity index (χ4n) is 2.59. The number of carboxylic acids is 1. The Morgan fingerprint density at radius 1 is 1.45 bits per heavy atom. The van der Waals surface area contributed by atoms with Crippen LogP contribution in [0.4, 0.5) is 5.69 Å². The lowest BCUT2D eigenvalue weighted by Gasteiger charge is -2.25. The van der Waals surface area contributed by atoms with Crippen molar-refractivity contribution in [3.63, 3.8) is 0 Å². The summed E-state index contributed by atoms with van der Waals surface area (Å²) >= 11 is 0. The van der Waals surface area contributed by atoms with Crippen molar-refractivity contribution in [1.29, 1.82) is 0 Å². The number of hydrogen-bond donors (Lipinski definition) is 3. The molecule has 5 heteroatoms. The van der Waals surface area contributed by atoms with Gasteiger partial charge in [-0.15, -0.1) is 0 Å². The number of carboxylic acid groups (broad SMARTS) is 1. The molecule has 0 aromatic heterocycles. The Bertz CT molecular complexity index is 534. The summed E-state index contributed by atoms with van der Waals surface area (Å²) in [5.41, 5.74) is 1.06. The quantitative estimate of drug-likeness (QED) is 0.786. The normalized spacial score (nSPS) is 21.7. The molecule has 1 aliphatic rings. The van der Waals surface area contributed by atoms with Crippen molar-refractivity contribution in [1.82, 2.24) is 5.32 Å². The van der Waals surface area contributed by atoms with E-state index in [2.05, 4.69) is 10.6 Å².